The van der Waals surface area contributed by atoms with Gasteiger partial charge in [-0.2, -0.15) is 0 Å². The van der Waals surface area contributed by atoms with E-state index in [1.54, 1.807) is 11.3 Å². The average molecular weight is 307 g/mol. The van der Waals surface area contributed by atoms with Crippen LogP contribution in [0.25, 0.3) is 11.3 Å². The normalized spacial score (nSPS) is 10.8. The Morgan fingerprint density at radius 1 is 1.11 bits per heavy atom. The third-order valence-electron chi connectivity index (χ3n) is 2.31. The molecule has 2 aromatic heterocycles. The first-order chi connectivity index (χ1) is 9.35. The maximum absolute atomic E-state index is 8.96. The number of nitrogens with zero attached hydrogens (tertiary/aromatic N) is 3. The maximum atomic E-state index is 8.96. The van der Waals surface area contributed by atoms with Crippen LogP contribution in [-0.4, -0.2) is 20.3 Å². The molecule has 2 heterocycles. The highest BCUT2D eigenvalue weighted by atomic mass is 32.2. The van der Waals surface area contributed by atoms with Gasteiger partial charge in [-0.1, -0.05) is 41.7 Å². The Balaban J connectivity index is 1.78. The second-order valence-corrected chi connectivity index (χ2v) is 7.00. The molecule has 3 rings (SSSR count). The lowest BCUT2D eigenvalue weighted by atomic mass is 10.2. The van der Waals surface area contributed by atoms with Gasteiger partial charge < -0.3 is 5.11 Å². The summed E-state index contributed by atoms with van der Waals surface area (Å²) in [4.78, 5) is 4.57. The molecule has 7 heteroatoms. The Morgan fingerprint density at radius 2 is 1.95 bits per heavy atom. The highest BCUT2D eigenvalue weighted by molar-refractivity contribution is 8.02. The predicted octanol–water partition coefficient (Wildman–Crippen LogP) is 3.31. The third-order valence-corrected chi connectivity index (χ3v) is 5.21. The lowest BCUT2D eigenvalue weighted by Crippen LogP contribution is -1.78. The molecule has 3 aromatic rings. The van der Waals surface area contributed by atoms with E-state index in [0.29, 0.717) is 5.01 Å². The van der Waals surface area contributed by atoms with Crippen LogP contribution in [0.2, 0.25) is 0 Å². The zero-order chi connectivity index (χ0) is 13.1. The van der Waals surface area contributed by atoms with Crippen molar-refractivity contribution in [3.8, 4) is 11.3 Å². The van der Waals surface area contributed by atoms with Gasteiger partial charge in [-0.3, -0.25) is 0 Å². The van der Waals surface area contributed by atoms with Gasteiger partial charge in [0.05, 0.1) is 12.3 Å². The summed E-state index contributed by atoms with van der Waals surface area (Å²) in [6.45, 7) is -0.0641. The van der Waals surface area contributed by atoms with Crippen LogP contribution in [-0.2, 0) is 6.61 Å². The van der Waals surface area contributed by atoms with Crippen molar-refractivity contribution in [3.05, 3.63) is 40.7 Å². The molecule has 0 aliphatic heterocycles. The van der Waals surface area contributed by atoms with Gasteiger partial charge in [0.25, 0.3) is 0 Å². The highest BCUT2D eigenvalue weighted by Crippen LogP contribution is 2.34. The van der Waals surface area contributed by atoms with Crippen molar-refractivity contribution in [1.29, 1.82) is 0 Å². The molecule has 19 heavy (non-hydrogen) atoms. The predicted molar refractivity (Wildman–Crippen MR) is 77.5 cm³/mol. The molecule has 1 aromatic carbocycles. The van der Waals surface area contributed by atoms with Crippen LogP contribution < -0.4 is 0 Å². The molecule has 0 aliphatic carbocycles. The topological polar surface area (TPSA) is 58.9 Å². The Labute approximate surface area is 122 Å². The van der Waals surface area contributed by atoms with Gasteiger partial charge >= 0.3 is 0 Å². The lowest BCUT2D eigenvalue weighted by molar-refractivity contribution is 0.280. The van der Waals surface area contributed by atoms with Gasteiger partial charge in [0.1, 0.15) is 5.01 Å². The van der Waals surface area contributed by atoms with Gasteiger partial charge in [0, 0.05) is 10.9 Å². The molecule has 0 saturated carbocycles. The van der Waals surface area contributed by atoms with Crippen LogP contribution in [0.15, 0.2) is 44.4 Å². The van der Waals surface area contributed by atoms with E-state index in [9.17, 15) is 0 Å². The van der Waals surface area contributed by atoms with E-state index in [2.05, 4.69) is 15.2 Å². The molecule has 1 N–H and O–H groups in total. The zero-order valence-electron chi connectivity index (χ0n) is 9.68. The summed E-state index contributed by atoms with van der Waals surface area (Å²) in [5, 5.41) is 19.5. The van der Waals surface area contributed by atoms with Gasteiger partial charge in [-0.15, -0.1) is 21.5 Å². The van der Waals surface area contributed by atoms with Gasteiger partial charge in [0.2, 0.25) is 0 Å². The van der Waals surface area contributed by atoms with Gasteiger partial charge in [-0.05, 0) is 11.8 Å². The molecular weight excluding hydrogens is 298 g/mol. The summed E-state index contributed by atoms with van der Waals surface area (Å²) in [6.07, 6.45) is 0. The smallest absolute Gasteiger partial charge is 0.181 e. The van der Waals surface area contributed by atoms with Crippen molar-refractivity contribution in [2.75, 3.05) is 0 Å². The molecule has 0 amide bonds. The van der Waals surface area contributed by atoms with E-state index in [4.69, 9.17) is 5.11 Å². The minimum Gasteiger partial charge on any atom is -0.389 e. The number of thiazole rings is 1. The Bertz CT molecular complexity index is 666. The highest BCUT2D eigenvalue weighted by Gasteiger charge is 2.09. The standard InChI is InChI=1S/C12H9N3OS3/c16-6-10-14-15-12(18-10)19-11-13-9(7-17-11)8-4-2-1-3-5-8/h1-5,7,16H,6H2. The van der Waals surface area contributed by atoms with E-state index >= 15 is 0 Å². The van der Waals surface area contributed by atoms with Crippen molar-refractivity contribution < 1.29 is 5.11 Å². The van der Waals surface area contributed by atoms with Crippen LogP contribution in [0.4, 0.5) is 0 Å². The number of aliphatic hydroxyl groups is 1. The molecule has 4 nitrogen and oxygen atoms in total. The van der Waals surface area contributed by atoms with Crippen molar-refractivity contribution >= 4 is 34.4 Å². The number of hydrogen-bond acceptors (Lipinski definition) is 7. The maximum Gasteiger partial charge on any atom is 0.181 e. The summed E-state index contributed by atoms with van der Waals surface area (Å²) in [6, 6.07) is 10.1. The van der Waals surface area contributed by atoms with E-state index in [0.717, 1.165) is 19.9 Å². The second kappa shape index (κ2) is 5.79. The van der Waals surface area contributed by atoms with E-state index in [1.165, 1.54) is 23.1 Å². The minimum atomic E-state index is -0.0641. The average Bonchev–Trinajstić information content (AvgIpc) is 3.09. The van der Waals surface area contributed by atoms with Crippen molar-refractivity contribution in [2.24, 2.45) is 0 Å². The second-order valence-electron chi connectivity index (χ2n) is 3.59. The summed E-state index contributed by atoms with van der Waals surface area (Å²) in [5.74, 6) is 0. The first-order valence-electron chi connectivity index (χ1n) is 5.47. The van der Waals surface area contributed by atoms with Crippen LogP contribution in [0.5, 0.6) is 0 Å². The fourth-order valence-corrected chi connectivity index (χ4v) is 4.24. The van der Waals surface area contributed by atoms with Crippen LogP contribution in [0, 0.1) is 0 Å². The molecule has 0 saturated heterocycles. The van der Waals surface area contributed by atoms with Crippen molar-refractivity contribution in [1.82, 2.24) is 15.2 Å². The number of rotatable bonds is 4. The molecule has 0 unspecified atom stereocenters. The molecular formula is C12H9N3OS3. The SMILES string of the molecule is OCc1nnc(Sc2nc(-c3ccccc3)cs2)s1. The van der Waals surface area contributed by atoms with Crippen LogP contribution in [0.3, 0.4) is 0 Å². The molecule has 0 bridgehead atoms. The minimum absolute atomic E-state index is 0.0641. The number of benzene rings is 1. The van der Waals surface area contributed by atoms with Crippen LogP contribution >= 0.6 is 34.4 Å². The van der Waals surface area contributed by atoms with E-state index in [-0.39, 0.29) is 6.61 Å². The molecule has 0 atom stereocenters. The number of hydrogen-bond donors (Lipinski definition) is 1. The van der Waals surface area contributed by atoms with E-state index in [1.807, 2.05) is 35.7 Å². The molecule has 96 valence electrons. The monoisotopic (exact) mass is 307 g/mol. The van der Waals surface area contributed by atoms with Crippen molar-refractivity contribution in [3.63, 3.8) is 0 Å². The Morgan fingerprint density at radius 3 is 2.68 bits per heavy atom. The fraction of sp³-hybridized carbons (Fsp3) is 0.0833. The van der Waals surface area contributed by atoms with Gasteiger partial charge in [0.15, 0.2) is 8.68 Å². The largest absolute Gasteiger partial charge is 0.389 e. The summed E-state index contributed by atoms with van der Waals surface area (Å²) < 4.78 is 1.73. The zero-order valence-corrected chi connectivity index (χ0v) is 12.1. The Hall–Kier alpha value is -1.28. The van der Waals surface area contributed by atoms with Crippen molar-refractivity contribution in [2.45, 2.75) is 15.3 Å². The molecule has 0 radical (unpaired) electrons. The summed E-state index contributed by atoms with van der Waals surface area (Å²) in [7, 11) is 0. The molecule has 0 aliphatic rings. The Kier molecular flexibility index (Phi) is 3.88. The first kappa shape index (κ1) is 12.7. The van der Waals surface area contributed by atoms with Crippen LogP contribution in [0.1, 0.15) is 5.01 Å². The lowest BCUT2D eigenvalue weighted by Gasteiger charge is -1.93. The molecule has 0 spiro atoms. The first-order valence-corrected chi connectivity index (χ1v) is 7.98. The summed E-state index contributed by atoms with van der Waals surface area (Å²) >= 11 is 4.46. The van der Waals surface area contributed by atoms with E-state index < -0.39 is 0 Å². The van der Waals surface area contributed by atoms with Gasteiger partial charge in [-0.25, -0.2) is 4.98 Å². The number of aromatic nitrogens is 3. The number of aliphatic hydroxyl groups excluding tert-OH is 1. The quantitative estimate of drug-likeness (QED) is 0.801. The third kappa shape index (κ3) is 3.01. The molecule has 0 fully saturated rings. The fourth-order valence-electron chi connectivity index (χ4n) is 1.46. The summed E-state index contributed by atoms with van der Waals surface area (Å²) in [5.41, 5.74) is 2.08.